The number of hydrogen-bond acceptors (Lipinski definition) is 0. The highest BCUT2D eigenvalue weighted by molar-refractivity contribution is 7.00. The third-order valence-electron chi connectivity index (χ3n) is 16.7. The second-order valence-corrected chi connectivity index (χ2v) is 25.5. The van der Waals surface area contributed by atoms with Gasteiger partial charge in [-0.3, -0.25) is 0 Å². The van der Waals surface area contributed by atoms with Crippen LogP contribution in [0.3, 0.4) is 0 Å². The third-order valence-corrected chi connectivity index (χ3v) is 16.7. The van der Waals surface area contributed by atoms with Crippen molar-refractivity contribution in [2.24, 2.45) is 0 Å². The maximum absolute atomic E-state index is 2.74. The number of benzene rings is 10. The summed E-state index contributed by atoms with van der Waals surface area (Å²) in [6, 6.07) is 59.6. The van der Waals surface area contributed by atoms with Gasteiger partial charge in [0.15, 0.2) is 0 Å². The van der Waals surface area contributed by atoms with E-state index in [2.05, 4.69) is 244 Å². The fourth-order valence-electron chi connectivity index (χ4n) is 13.1. The summed E-state index contributed by atoms with van der Waals surface area (Å²) in [6.45, 7) is 28.7. The molecule has 12 aromatic rings. The minimum atomic E-state index is -0.112. The summed E-state index contributed by atoms with van der Waals surface area (Å²) in [6.07, 6.45) is 0. The molecule has 0 saturated carbocycles. The van der Waals surface area contributed by atoms with Crippen LogP contribution in [0.1, 0.15) is 105 Å². The molecule has 10 aromatic carbocycles. The highest BCUT2D eigenvalue weighted by Gasteiger charge is 2.43. The minimum absolute atomic E-state index is 0.00907. The van der Waals surface area contributed by atoms with Gasteiger partial charge < -0.3 is 9.13 Å². The van der Waals surface area contributed by atoms with Crippen LogP contribution in [0.25, 0.3) is 109 Å². The standard InChI is InChI=1S/C68H61BN2/c1-65(2,3)46-34-50(67(7,8)9)60-54(36-46)70-56-32-45(41-26-25-40-27-38-19-13-14-20-39(38)28-44(40)29-41)33-57-62(56)69(52-30-42-21-15-17-23-48(42)58(60)63(52)70)53-31-43-22-16-18-24-49(43)59-61-51(68(10,11)12)35-47(66(4,5)6)37-55(61)71(57)64(53)59/h13-37H,1-12H3. The molecule has 0 N–H and O–H groups in total. The predicted octanol–water partition coefficient (Wildman–Crippen LogP) is 16.5. The molecule has 3 heteroatoms. The molecule has 71 heavy (non-hydrogen) atoms. The highest BCUT2D eigenvalue weighted by atomic mass is 15.0. The summed E-state index contributed by atoms with van der Waals surface area (Å²) in [5, 5.41) is 15.8. The Kier molecular flexibility index (Phi) is 8.34. The largest absolute Gasteiger partial charge is 0.310 e. The van der Waals surface area contributed by atoms with Gasteiger partial charge in [0.05, 0.1) is 22.1 Å². The van der Waals surface area contributed by atoms with E-state index >= 15 is 0 Å². The van der Waals surface area contributed by atoms with E-state index in [1.165, 1.54) is 148 Å². The average Bonchev–Trinajstić information content (AvgIpc) is 3.86. The number of aromatic nitrogens is 2. The van der Waals surface area contributed by atoms with Crippen LogP contribution in [0.2, 0.25) is 0 Å². The van der Waals surface area contributed by atoms with Crippen molar-refractivity contribution in [3.05, 3.63) is 174 Å². The van der Waals surface area contributed by atoms with E-state index in [1.807, 2.05) is 0 Å². The lowest BCUT2D eigenvalue weighted by atomic mass is 9.34. The SMILES string of the molecule is CC(C)(C)c1cc(C(C)(C)C)c2c3c4ccccc4cc4c3n(c2c1)-c1cc(-c2ccc3cc5ccccc5cc3c2)cc2c1B4c1cc3ccccc3c3c4c(C(C)(C)C)cc(C(C)(C)C)cc4n-2c13. The monoisotopic (exact) mass is 916 g/mol. The van der Waals surface area contributed by atoms with Crippen LogP contribution in [0.4, 0.5) is 0 Å². The molecule has 14 rings (SSSR count). The molecule has 0 fully saturated rings. The first-order valence-electron chi connectivity index (χ1n) is 26.0. The molecule has 0 bridgehead atoms. The topological polar surface area (TPSA) is 9.86 Å². The van der Waals surface area contributed by atoms with Crippen LogP contribution >= 0.6 is 0 Å². The molecule has 4 heterocycles. The number of rotatable bonds is 1. The summed E-state index contributed by atoms with van der Waals surface area (Å²) in [5.41, 5.74) is 19.7. The Morgan fingerprint density at radius 2 is 0.761 bits per heavy atom. The summed E-state index contributed by atoms with van der Waals surface area (Å²) in [5.74, 6) is 0. The quantitative estimate of drug-likeness (QED) is 0.115. The van der Waals surface area contributed by atoms with Gasteiger partial charge in [0.2, 0.25) is 0 Å². The van der Waals surface area contributed by atoms with E-state index in [0.29, 0.717) is 0 Å². The molecule has 0 unspecified atom stereocenters. The average molecular weight is 917 g/mol. The fourth-order valence-corrected chi connectivity index (χ4v) is 13.1. The summed E-state index contributed by atoms with van der Waals surface area (Å²) >= 11 is 0. The maximum Gasteiger partial charge on any atom is 0.252 e. The Morgan fingerprint density at radius 3 is 1.21 bits per heavy atom. The zero-order valence-corrected chi connectivity index (χ0v) is 43.4. The molecular weight excluding hydrogens is 856 g/mol. The Hall–Kier alpha value is -7.10. The lowest BCUT2D eigenvalue weighted by molar-refractivity contribution is 0.572. The molecule has 2 nitrogen and oxygen atoms in total. The van der Waals surface area contributed by atoms with Gasteiger partial charge in [-0.2, -0.15) is 0 Å². The first kappa shape index (κ1) is 42.8. The first-order chi connectivity index (χ1) is 33.7. The smallest absolute Gasteiger partial charge is 0.252 e. The Morgan fingerprint density at radius 1 is 0.338 bits per heavy atom. The molecule has 0 spiro atoms. The van der Waals surface area contributed by atoms with Crippen LogP contribution in [0.15, 0.2) is 152 Å². The van der Waals surface area contributed by atoms with Gasteiger partial charge >= 0.3 is 0 Å². The van der Waals surface area contributed by atoms with Gasteiger partial charge in [0.25, 0.3) is 6.71 Å². The van der Waals surface area contributed by atoms with Crippen LogP contribution < -0.4 is 16.4 Å². The van der Waals surface area contributed by atoms with E-state index < -0.39 is 0 Å². The molecular formula is C68H61BN2. The van der Waals surface area contributed by atoms with Crippen LogP contribution in [-0.4, -0.2) is 15.8 Å². The number of hydrogen-bond donors (Lipinski definition) is 0. The summed E-state index contributed by atoms with van der Waals surface area (Å²) < 4.78 is 5.47. The Balaban J connectivity index is 1.24. The molecule has 346 valence electrons. The third kappa shape index (κ3) is 5.90. The second kappa shape index (κ2) is 13.9. The van der Waals surface area contributed by atoms with Gasteiger partial charge in [-0.25, -0.2) is 0 Å². The number of nitrogens with zero attached hydrogens (tertiary/aromatic N) is 2. The molecule has 0 atom stereocenters. The molecule has 2 aromatic heterocycles. The summed E-state index contributed by atoms with van der Waals surface area (Å²) in [7, 11) is 0. The van der Waals surface area contributed by atoms with Crippen molar-refractivity contribution >= 4 is 110 Å². The van der Waals surface area contributed by atoms with Crippen molar-refractivity contribution in [2.45, 2.75) is 105 Å². The van der Waals surface area contributed by atoms with Crippen molar-refractivity contribution in [1.29, 1.82) is 0 Å². The van der Waals surface area contributed by atoms with Gasteiger partial charge in [-0.05, 0) is 157 Å². The van der Waals surface area contributed by atoms with Crippen LogP contribution in [0, 0.1) is 0 Å². The normalized spacial score (nSPS) is 13.9. The van der Waals surface area contributed by atoms with E-state index in [0.717, 1.165) is 0 Å². The zero-order chi connectivity index (χ0) is 49.0. The highest BCUT2D eigenvalue weighted by Crippen LogP contribution is 2.49. The van der Waals surface area contributed by atoms with Crippen molar-refractivity contribution < 1.29 is 0 Å². The number of fused-ring (bicyclic) bond motifs is 16. The van der Waals surface area contributed by atoms with E-state index in [-0.39, 0.29) is 28.4 Å². The van der Waals surface area contributed by atoms with Crippen molar-refractivity contribution in [2.75, 3.05) is 0 Å². The molecule has 2 aliphatic heterocycles. The Bertz CT molecular complexity index is 4150. The van der Waals surface area contributed by atoms with Crippen molar-refractivity contribution in [3.63, 3.8) is 0 Å². The molecule has 0 aliphatic carbocycles. The zero-order valence-electron chi connectivity index (χ0n) is 43.4. The lowest BCUT2D eigenvalue weighted by Gasteiger charge is -2.35. The molecule has 2 aliphatic rings. The maximum atomic E-state index is 2.74. The van der Waals surface area contributed by atoms with Gasteiger partial charge in [-0.1, -0.05) is 192 Å². The van der Waals surface area contributed by atoms with Gasteiger partial charge in [-0.15, -0.1) is 0 Å². The molecule has 0 radical (unpaired) electrons. The lowest BCUT2D eigenvalue weighted by Crippen LogP contribution is -2.59. The predicted molar refractivity (Wildman–Crippen MR) is 310 cm³/mol. The minimum Gasteiger partial charge on any atom is -0.310 e. The second-order valence-electron chi connectivity index (χ2n) is 25.5. The van der Waals surface area contributed by atoms with Gasteiger partial charge in [0, 0.05) is 32.9 Å². The fraction of sp³-hybridized carbons (Fsp3) is 0.235. The first-order valence-corrected chi connectivity index (χ1v) is 26.0. The molecule has 0 amide bonds. The van der Waals surface area contributed by atoms with Crippen molar-refractivity contribution in [3.8, 4) is 22.5 Å². The Labute approximate surface area is 418 Å². The van der Waals surface area contributed by atoms with Crippen molar-refractivity contribution in [1.82, 2.24) is 9.13 Å². The van der Waals surface area contributed by atoms with Crippen LogP contribution in [0.5, 0.6) is 0 Å². The molecule has 0 saturated heterocycles. The van der Waals surface area contributed by atoms with E-state index in [1.54, 1.807) is 0 Å². The van der Waals surface area contributed by atoms with Gasteiger partial charge in [0.1, 0.15) is 0 Å². The van der Waals surface area contributed by atoms with E-state index in [4.69, 9.17) is 0 Å². The van der Waals surface area contributed by atoms with Crippen LogP contribution in [-0.2, 0) is 21.7 Å². The van der Waals surface area contributed by atoms with E-state index in [9.17, 15) is 0 Å². The summed E-state index contributed by atoms with van der Waals surface area (Å²) in [4.78, 5) is 0.